The van der Waals surface area contributed by atoms with E-state index in [-0.39, 0.29) is 0 Å². The third kappa shape index (κ3) is 2.43. The van der Waals surface area contributed by atoms with Crippen molar-refractivity contribution >= 4 is 11.5 Å². The van der Waals surface area contributed by atoms with E-state index >= 15 is 0 Å². The average molecular weight is 348 g/mol. The van der Waals surface area contributed by atoms with Crippen LogP contribution >= 0.6 is 0 Å². The summed E-state index contributed by atoms with van der Waals surface area (Å²) in [6, 6.07) is 4.52. The molecule has 3 heterocycles. The number of anilines is 1. The molecule has 0 atom stereocenters. The zero-order chi connectivity index (χ0) is 18.6. The molecule has 0 bridgehead atoms. The molecule has 0 amide bonds. The van der Waals surface area contributed by atoms with E-state index in [1.54, 1.807) is 0 Å². The van der Waals surface area contributed by atoms with Gasteiger partial charge in [0.25, 0.3) is 0 Å². The fourth-order valence-corrected chi connectivity index (χ4v) is 4.63. The van der Waals surface area contributed by atoms with Crippen LogP contribution in [-0.2, 0) is 6.42 Å². The van der Waals surface area contributed by atoms with E-state index in [0.717, 1.165) is 36.5 Å². The van der Waals surface area contributed by atoms with Gasteiger partial charge in [0.2, 0.25) is 0 Å². The summed E-state index contributed by atoms with van der Waals surface area (Å²) < 4.78 is 2.11. The summed E-state index contributed by atoms with van der Waals surface area (Å²) >= 11 is 0. The summed E-state index contributed by atoms with van der Waals surface area (Å²) in [5, 5.41) is 4.96. The minimum atomic E-state index is 0.995. The van der Waals surface area contributed by atoms with Crippen molar-refractivity contribution in [3.05, 3.63) is 45.8 Å². The van der Waals surface area contributed by atoms with Gasteiger partial charge in [-0.1, -0.05) is 17.7 Å². The lowest BCUT2D eigenvalue weighted by molar-refractivity contribution is 0.667. The maximum atomic E-state index is 5.03. The molecule has 0 saturated carbocycles. The number of rotatable bonds is 2. The molecule has 1 aliphatic rings. The first-order chi connectivity index (χ1) is 12.4. The molecule has 136 valence electrons. The number of fused-ring (bicyclic) bond motifs is 3. The number of nitrogens with zero attached hydrogens (tertiary/aromatic N) is 4. The zero-order valence-electron chi connectivity index (χ0n) is 16.8. The molecule has 26 heavy (non-hydrogen) atoms. The Balaban J connectivity index is 2.08. The van der Waals surface area contributed by atoms with Crippen molar-refractivity contribution in [3.63, 3.8) is 0 Å². The largest absolute Gasteiger partial charge is 0.356 e. The lowest BCUT2D eigenvalue weighted by atomic mass is 9.94. The number of aromatic nitrogens is 3. The van der Waals surface area contributed by atoms with Gasteiger partial charge in [0.1, 0.15) is 5.82 Å². The highest BCUT2D eigenvalue weighted by Crippen LogP contribution is 2.37. The second-order valence-corrected chi connectivity index (χ2v) is 7.65. The SMILES string of the molecule is CCN1CCCc2c(C)nc3c(-c4c(C)cc(C)cc4C)c(C)nn3c21. The minimum absolute atomic E-state index is 0.995. The Morgan fingerprint density at radius 2 is 1.65 bits per heavy atom. The maximum Gasteiger partial charge on any atom is 0.165 e. The Morgan fingerprint density at radius 1 is 0.962 bits per heavy atom. The molecule has 2 aromatic heterocycles. The van der Waals surface area contributed by atoms with Gasteiger partial charge in [-0.3, -0.25) is 0 Å². The lowest BCUT2D eigenvalue weighted by Gasteiger charge is -2.31. The van der Waals surface area contributed by atoms with Gasteiger partial charge in [-0.2, -0.15) is 9.61 Å². The van der Waals surface area contributed by atoms with Gasteiger partial charge >= 0.3 is 0 Å². The Labute approximate surface area is 155 Å². The maximum absolute atomic E-state index is 5.03. The molecule has 0 radical (unpaired) electrons. The van der Waals surface area contributed by atoms with Crippen LogP contribution in [0, 0.1) is 34.6 Å². The van der Waals surface area contributed by atoms with Gasteiger partial charge in [0.05, 0.1) is 11.3 Å². The fourth-order valence-electron chi connectivity index (χ4n) is 4.63. The monoisotopic (exact) mass is 348 g/mol. The van der Waals surface area contributed by atoms with E-state index in [0.29, 0.717) is 0 Å². The molecule has 0 aliphatic carbocycles. The third-order valence-corrected chi connectivity index (χ3v) is 5.68. The van der Waals surface area contributed by atoms with E-state index in [9.17, 15) is 0 Å². The van der Waals surface area contributed by atoms with Crippen LogP contribution in [0.25, 0.3) is 16.8 Å². The highest BCUT2D eigenvalue weighted by Gasteiger charge is 2.26. The number of benzene rings is 1. The summed E-state index contributed by atoms with van der Waals surface area (Å²) in [6.45, 7) is 15.1. The third-order valence-electron chi connectivity index (χ3n) is 5.68. The first-order valence-corrected chi connectivity index (χ1v) is 9.64. The van der Waals surface area contributed by atoms with Gasteiger partial charge in [0, 0.05) is 24.3 Å². The van der Waals surface area contributed by atoms with Crippen LogP contribution in [0.15, 0.2) is 12.1 Å². The number of hydrogen-bond donors (Lipinski definition) is 0. The van der Waals surface area contributed by atoms with Crippen molar-refractivity contribution in [2.75, 3.05) is 18.0 Å². The van der Waals surface area contributed by atoms with E-state index in [1.165, 1.54) is 45.6 Å². The predicted octanol–water partition coefficient (Wildman–Crippen LogP) is 4.71. The van der Waals surface area contributed by atoms with Crippen LogP contribution in [0.1, 0.15) is 47.0 Å². The Bertz CT molecular complexity index is 990. The van der Waals surface area contributed by atoms with E-state index in [2.05, 4.69) is 63.1 Å². The highest BCUT2D eigenvalue weighted by atomic mass is 15.4. The van der Waals surface area contributed by atoms with Crippen LogP contribution in [0.3, 0.4) is 0 Å². The van der Waals surface area contributed by atoms with Crippen LogP contribution in [0.5, 0.6) is 0 Å². The zero-order valence-corrected chi connectivity index (χ0v) is 16.8. The predicted molar refractivity (Wildman–Crippen MR) is 108 cm³/mol. The summed E-state index contributed by atoms with van der Waals surface area (Å²) in [6.07, 6.45) is 2.29. The summed E-state index contributed by atoms with van der Waals surface area (Å²) in [5.74, 6) is 1.25. The van der Waals surface area contributed by atoms with Gasteiger partial charge in [-0.25, -0.2) is 4.98 Å². The van der Waals surface area contributed by atoms with Crippen molar-refractivity contribution < 1.29 is 0 Å². The van der Waals surface area contributed by atoms with Crippen molar-refractivity contribution in [1.29, 1.82) is 0 Å². The smallest absolute Gasteiger partial charge is 0.165 e. The number of hydrogen-bond acceptors (Lipinski definition) is 3. The van der Waals surface area contributed by atoms with Crippen LogP contribution in [-0.4, -0.2) is 27.7 Å². The second kappa shape index (κ2) is 6.11. The van der Waals surface area contributed by atoms with Gasteiger partial charge in [-0.05, 0) is 71.1 Å². The first kappa shape index (κ1) is 17.1. The standard InChI is InChI=1S/C22H28N4/c1-7-25-10-8-9-18-16(5)23-21-20(17(6)24-26(21)22(18)25)19-14(3)11-13(2)12-15(19)4/h11-12H,7-10H2,1-6H3. The molecule has 3 aromatic rings. The summed E-state index contributed by atoms with van der Waals surface area (Å²) in [4.78, 5) is 7.48. The van der Waals surface area contributed by atoms with Crippen molar-refractivity contribution in [1.82, 2.24) is 14.6 Å². The molecule has 4 rings (SSSR count). The molecule has 1 aromatic carbocycles. The molecule has 4 heteroatoms. The van der Waals surface area contributed by atoms with Crippen LogP contribution in [0.4, 0.5) is 5.82 Å². The first-order valence-electron chi connectivity index (χ1n) is 9.64. The van der Waals surface area contributed by atoms with Gasteiger partial charge < -0.3 is 4.90 Å². The highest BCUT2D eigenvalue weighted by molar-refractivity contribution is 5.85. The quantitative estimate of drug-likeness (QED) is 0.672. The average Bonchev–Trinajstić information content (AvgIpc) is 2.90. The molecular weight excluding hydrogens is 320 g/mol. The van der Waals surface area contributed by atoms with Crippen molar-refractivity contribution in [2.45, 2.75) is 54.4 Å². The van der Waals surface area contributed by atoms with Gasteiger partial charge in [-0.15, -0.1) is 0 Å². The normalized spacial score (nSPS) is 14.2. The molecular formula is C22H28N4. The molecule has 1 aliphatic heterocycles. The second-order valence-electron chi connectivity index (χ2n) is 7.65. The van der Waals surface area contributed by atoms with E-state index in [4.69, 9.17) is 10.1 Å². The van der Waals surface area contributed by atoms with Crippen LogP contribution in [0.2, 0.25) is 0 Å². The Hall–Kier alpha value is -2.36. The Kier molecular flexibility index (Phi) is 4.02. The molecule has 0 fully saturated rings. The molecule has 4 nitrogen and oxygen atoms in total. The minimum Gasteiger partial charge on any atom is -0.356 e. The Morgan fingerprint density at radius 3 is 2.31 bits per heavy atom. The van der Waals surface area contributed by atoms with Crippen LogP contribution < -0.4 is 4.90 Å². The van der Waals surface area contributed by atoms with E-state index in [1.807, 2.05) is 0 Å². The molecule has 0 N–H and O–H groups in total. The van der Waals surface area contributed by atoms with E-state index < -0.39 is 0 Å². The van der Waals surface area contributed by atoms with Crippen molar-refractivity contribution in [3.8, 4) is 11.1 Å². The molecule has 0 saturated heterocycles. The summed E-state index contributed by atoms with van der Waals surface area (Å²) in [5.41, 5.74) is 10.9. The van der Waals surface area contributed by atoms with Crippen molar-refractivity contribution in [2.24, 2.45) is 0 Å². The topological polar surface area (TPSA) is 33.4 Å². The molecule has 0 unspecified atom stereocenters. The lowest BCUT2D eigenvalue weighted by Crippen LogP contribution is -2.32. The fraction of sp³-hybridized carbons (Fsp3) is 0.455. The molecule has 0 spiro atoms. The summed E-state index contributed by atoms with van der Waals surface area (Å²) in [7, 11) is 0. The number of aryl methyl sites for hydroxylation is 5. The van der Waals surface area contributed by atoms with Gasteiger partial charge in [0.15, 0.2) is 5.65 Å².